The summed E-state index contributed by atoms with van der Waals surface area (Å²) in [4.78, 5) is 2.13. The van der Waals surface area contributed by atoms with Gasteiger partial charge in [-0.1, -0.05) is 32.9 Å². The van der Waals surface area contributed by atoms with Crippen molar-refractivity contribution in [3.8, 4) is 0 Å². The lowest BCUT2D eigenvalue weighted by molar-refractivity contribution is 0.399. The third-order valence-electron chi connectivity index (χ3n) is 2.97. The largest absolute Gasteiger partial charge is 0.309 e. The molecule has 0 aliphatic heterocycles. The van der Waals surface area contributed by atoms with Gasteiger partial charge in [0.25, 0.3) is 0 Å². The van der Waals surface area contributed by atoms with Gasteiger partial charge in [0.05, 0.1) is 0 Å². The zero-order valence-electron chi connectivity index (χ0n) is 11.7. The fourth-order valence-corrected chi connectivity index (χ4v) is 1.80. The second kappa shape index (κ2) is 5.63. The highest BCUT2D eigenvalue weighted by Crippen LogP contribution is 2.24. The maximum absolute atomic E-state index is 13.9. The average Bonchev–Trinajstić information content (AvgIpc) is 2.18. The molecule has 17 heavy (non-hydrogen) atoms. The van der Waals surface area contributed by atoms with Gasteiger partial charge in [0, 0.05) is 0 Å². The Kier molecular flexibility index (Phi) is 4.70. The Morgan fingerprint density at radius 2 is 1.82 bits per heavy atom. The van der Waals surface area contributed by atoms with Crippen LogP contribution in [-0.2, 0) is 11.8 Å². The molecule has 0 unspecified atom stereocenters. The minimum absolute atomic E-state index is 0.0169. The van der Waals surface area contributed by atoms with Gasteiger partial charge in [0.2, 0.25) is 0 Å². The van der Waals surface area contributed by atoms with Crippen molar-refractivity contribution in [3.05, 3.63) is 35.1 Å². The van der Waals surface area contributed by atoms with E-state index in [1.54, 1.807) is 6.07 Å². The first kappa shape index (κ1) is 14.2. The Hall–Kier alpha value is -0.890. The average molecular weight is 237 g/mol. The second-order valence-corrected chi connectivity index (χ2v) is 5.96. The van der Waals surface area contributed by atoms with Gasteiger partial charge in [-0.2, -0.15) is 0 Å². The minimum atomic E-state index is -0.0591. The molecule has 1 aromatic rings. The first-order valence-corrected chi connectivity index (χ1v) is 6.24. The molecule has 0 saturated carbocycles. The Bertz CT molecular complexity index is 364. The molecule has 96 valence electrons. The van der Waals surface area contributed by atoms with Gasteiger partial charge in [0.15, 0.2) is 0 Å². The molecule has 1 rings (SSSR count). The molecule has 0 amide bonds. The topological polar surface area (TPSA) is 3.24 Å². The van der Waals surface area contributed by atoms with Gasteiger partial charge in [-0.05, 0) is 56.1 Å². The van der Waals surface area contributed by atoms with Gasteiger partial charge in [-0.25, -0.2) is 4.39 Å². The number of aryl methyl sites for hydroxylation is 1. The Labute approximate surface area is 105 Å². The molecule has 0 fully saturated rings. The van der Waals surface area contributed by atoms with E-state index in [2.05, 4.69) is 25.7 Å². The highest BCUT2D eigenvalue weighted by molar-refractivity contribution is 5.29. The van der Waals surface area contributed by atoms with Crippen molar-refractivity contribution in [2.75, 3.05) is 20.6 Å². The van der Waals surface area contributed by atoms with Crippen LogP contribution in [0, 0.1) is 5.82 Å². The lowest BCUT2D eigenvalue weighted by atomic mass is 9.86. The summed E-state index contributed by atoms with van der Waals surface area (Å²) >= 11 is 0. The van der Waals surface area contributed by atoms with Crippen molar-refractivity contribution in [3.63, 3.8) is 0 Å². The Morgan fingerprint density at radius 1 is 1.18 bits per heavy atom. The first-order chi connectivity index (χ1) is 7.80. The highest BCUT2D eigenvalue weighted by atomic mass is 19.1. The summed E-state index contributed by atoms with van der Waals surface area (Å²) in [6, 6.07) is 5.67. The molecule has 1 nitrogen and oxygen atoms in total. The molecular formula is C15H24FN. The van der Waals surface area contributed by atoms with Crippen LogP contribution in [0.4, 0.5) is 4.39 Å². The minimum Gasteiger partial charge on any atom is -0.309 e. The summed E-state index contributed by atoms with van der Waals surface area (Å²) in [5, 5.41) is 0. The summed E-state index contributed by atoms with van der Waals surface area (Å²) in [5.41, 5.74) is 1.91. The lowest BCUT2D eigenvalue weighted by Crippen LogP contribution is -2.14. The zero-order valence-corrected chi connectivity index (χ0v) is 11.7. The Morgan fingerprint density at radius 3 is 2.29 bits per heavy atom. The summed E-state index contributed by atoms with van der Waals surface area (Å²) in [7, 11) is 4.08. The van der Waals surface area contributed by atoms with E-state index >= 15 is 0 Å². The van der Waals surface area contributed by atoms with Crippen molar-refractivity contribution >= 4 is 0 Å². The van der Waals surface area contributed by atoms with E-state index < -0.39 is 0 Å². The molecule has 0 bridgehead atoms. The monoisotopic (exact) mass is 237 g/mol. The number of hydrogen-bond acceptors (Lipinski definition) is 1. The van der Waals surface area contributed by atoms with Crippen molar-refractivity contribution in [2.24, 2.45) is 0 Å². The van der Waals surface area contributed by atoms with Crippen LogP contribution in [0.3, 0.4) is 0 Å². The third-order valence-corrected chi connectivity index (χ3v) is 2.97. The zero-order chi connectivity index (χ0) is 13.1. The molecular weight excluding hydrogens is 213 g/mol. The van der Waals surface area contributed by atoms with E-state index in [1.165, 1.54) is 0 Å². The number of hydrogen-bond donors (Lipinski definition) is 0. The predicted molar refractivity (Wildman–Crippen MR) is 72.0 cm³/mol. The maximum Gasteiger partial charge on any atom is 0.126 e. The normalized spacial score (nSPS) is 12.2. The summed E-state index contributed by atoms with van der Waals surface area (Å²) in [6.45, 7) is 7.31. The van der Waals surface area contributed by atoms with Crippen LogP contribution in [0.1, 0.15) is 38.3 Å². The van der Waals surface area contributed by atoms with Crippen LogP contribution in [0.5, 0.6) is 0 Å². The molecule has 0 heterocycles. The standard InChI is InChI=1S/C15H24FN/c1-15(2,3)13-9-8-12(14(16)11-13)7-6-10-17(4)5/h8-9,11H,6-7,10H2,1-5H3. The van der Waals surface area contributed by atoms with Crippen molar-refractivity contribution in [2.45, 2.75) is 39.0 Å². The lowest BCUT2D eigenvalue weighted by Gasteiger charge is -2.19. The smallest absolute Gasteiger partial charge is 0.126 e. The van der Waals surface area contributed by atoms with E-state index in [9.17, 15) is 4.39 Å². The van der Waals surface area contributed by atoms with Crippen molar-refractivity contribution in [1.82, 2.24) is 4.90 Å². The fraction of sp³-hybridized carbons (Fsp3) is 0.600. The molecule has 1 aromatic carbocycles. The maximum atomic E-state index is 13.9. The summed E-state index contributed by atoms with van der Waals surface area (Å²) in [6.07, 6.45) is 1.81. The number of nitrogens with zero attached hydrogens (tertiary/aromatic N) is 1. The molecule has 0 N–H and O–H groups in total. The van der Waals surface area contributed by atoms with E-state index in [1.807, 2.05) is 26.2 Å². The molecule has 0 aliphatic rings. The van der Waals surface area contributed by atoms with E-state index in [-0.39, 0.29) is 11.2 Å². The van der Waals surface area contributed by atoms with Crippen LogP contribution >= 0.6 is 0 Å². The van der Waals surface area contributed by atoms with E-state index in [0.717, 1.165) is 30.5 Å². The summed E-state index contributed by atoms with van der Waals surface area (Å²) in [5.74, 6) is -0.0591. The van der Waals surface area contributed by atoms with Crippen molar-refractivity contribution in [1.29, 1.82) is 0 Å². The molecule has 0 atom stereocenters. The van der Waals surface area contributed by atoms with Crippen LogP contribution in [-0.4, -0.2) is 25.5 Å². The molecule has 2 heteroatoms. The van der Waals surface area contributed by atoms with Gasteiger partial charge in [-0.15, -0.1) is 0 Å². The second-order valence-electron chi connectivity index (χ2n) is 5.96. The van der Waals surface area contributed by atoms with E-state index in [4.69, 9.17) is 0 Å². The molecule has 0 saturated heterocycles. The number of rotatable bonds is 4. The van der Waals surface area contributed by atoms with Crippen LogP contribution in [0.25, 0.3) is 0 Å². The fourth-order valence-electron chi connectivity index (χ4n) is 1.80. The van der Waals surface area contributed by atoms with Gasteiger partial charge in [0.1, 0.15) is 5.82 Å². The molecule has 0 aromatic heterocycles. The molecule has 0 spiro atoms. The third kappa shape index (κ3) is 4.47. The Balaban J connectivity index is 2.70. The van der Waals surface area contributed by atoms with Gasteiger partial charge < -0.3 is 4.90 Å². The quantitative estimate of drug-likeness (QED) is 0.773. The molecule has 0 aliphatic carbocycles. The van der Waals surface area contributed by atoms with Crippen molar-refractivity contribution < 1.29 is 4.39 Å². The van der Waals surface area contributed by atoms with Crippen LogP contribution in [0.15, 0.2) is 18.2 Å². The van der Waals surface area contributed by atoms with Gasteiger partial charge >= 0.3 is 0 Å². The van der Waals surface area contributed by atoms with Crippen LogP contribution < -0.4 is 0 Å². The first-order valence-electron chi connectivity index (χ1n) is 6.24. The van der Waals surface area contributed by atoms with Crippen LogP contribution in [0.2, 0.25) is 0 Å². The highest BCUT2D eigenvalue weighted by Gasteiger charge is 2.15. The van der Waals surface area contributed by atoms with E-state index in [0.29, 0.717) is 0 Å². The van der Waals surface area contributed by atoms with Gasteiger partial charge in [-0.3, -0.25) is 0 Å². The number of halogens is 1. The molecule has 0 radical (unpaired) electrons. The SMILES string of the molecule is CN(C)CCCc1ccc(C(C)(C)C)cc1F. The number of benzene rings is 1. The summed E-state index contributed by atoms with van der Waals surface area (Å²) < 4.78 is 13.9. The predicted octanol–water partition coefficient (Wildman–Crippen LogP) is 3.62.